The number of rotatable bonds is 6. The van der Waals surface area contributed by atoms with Gasteiger partial charge >= 0.3 is 0 Å². The molecule has 2 rings (SSSR count). The molecule has 0 saturated carbocycles. The van der Waals surface area contributed by atoms with E-state index in [2.05, 4.69) is 5.32 Å². The van der Waals surface area contributed by atoms with Crippen LogP contribution in [0.2, 0.25) is 0 Å². The molecule has 2 aromatic carbocycles. The molecule has 5 heteroatoms. The zero-order chi connectivity index (χ0) is 15.9. The summed E-state index contributed by atoms with van der Waals surface area (Å²) in [5.41, 5.74) is 8.15. The molecule has 0 atom stereocenters. The predicted octanol–water partition coefficient (Wildman–Crippen LogP) is 2.86. The summed E-state index contributed by atoms with van der Waals surface area (Å²) in [5, 5.41) is 2.85. The Bertz CT molecular complexity index is 656. The van der Waals surface area contributed by atoms with Crippen LogP contribution in [0.1, 0.15) is 12.0 Å². The van der Waals surface area contributed by atoms with E-state index in [9.17, 15) is 4.79 Å². The maximum absolute atomic E-state index is 12.0. The van der Waals surface area contributed by atoms with Crippen molar-refractivity contribution in [2.75, 3.05) is 25.3 Å². The Morgan fingerprint density at radius 1 is 1.14 bits per heavy atom. The summed E-state index contributed by atoms with van der Waals surface area (Å²) in [5.74, 6) is 1.30. The van der Waals surface area contributed by atoms with Crippen molar-refractivity contribution in [1.29, 1.82) is 0 Å². The standard InChI is InChI=1S/C17H20N2O3/c1-21-14-5-3-4-13(11-14)19-17(20)9-7-12-6-8-16(22-2)15(18)10-12/h3-6,8,10-11H,7,9,18H2,1-2H3,(H,19,20). The molecule has 116 valence electrons. The van der Waals surface area contributed by atoms with E-state index in [4.69, 9.17) is 15.2 Å². The molecule has 22 heavy (non-hydrogen) atoms. The first kappa shape index (κ1) is 15.7. The molecule has 3 N–H and O–H groups in total. The normalized spacial score (nSPS) is 10.1. The van der Waals surface area contributed by atoms with Crippen LogP contribution in [0.15, 0.2) is 42.5 Å². The summed E-state index contributed by atoms with van der Waals surface area (Å²) in [6, 6.07) is 12.8. The van der Waals surface area contributed by atoms with E-state index in [1.54, 1.807) is 20.3 Å². The molecular formula is C17H20N2O3. The molecule has 0 unspecified atom stereocenters. The van der Waals surface area contributed by atoms with Gasteiger partial charge in [-0.3, -0.25) is 4.79 Å². The van der Waals surface area contributed by atoms with Crippen molar-refractivity contribution in [3.63, 3.8) is 0 Å². The van der Waals surface area contributed by atoms with Gasteiger partial charge in [-0.15, -0.1) is 0 Å². The molecule has 2 aromatic rings. The fraction of sp³-hybridized carbons (Fsp3) is 0.235. The zero-order valence-corrected chi connectivity index (χ0v) is 12.8. The fourth-order valence-corrected chi connectivity index (χ4v) is 2.12. The molecule has 5 nitrogen and oxygen atoms in total. The molecule has 0 aliphatic carbocycles. The molecule has 1 amide bonds. The smallest absolute Gasteiger partial charge is 0.224 e. The van der Waals surface area contributed by atoms with Gasteiger partial charge in [-0.05, 0) is 36.2 Å². The number of anilines is 2. The van der Waals surface area contributed by atoms with E-state index in [1.807, 2.05) is 36.4 Å². The second-order valence-corrected chi connectivity index (χ2v) is 4.86. The topological polar surface area (TPSA) is 73.6 Å². The molecule has 0 saturated heterocycles. The number of amides is 1. The fourth-order valence-electron chi connectivity index (χ4n) is 2.12. The highest BCUT2D eigenvalue weighted by Crippen LogP contribution is 2.22. The summed E-state index contributed by atoms with van der Waals surface area (Å²) in [6.45, 7) is 0. The number of methoxy groups -OCH3 is 2. The highest BCUT2D eigenvalue weighted by atomic mass is 16.5. The number of aryl methyl sites for hydroxylation is 1. The number of nitrogens with two attached hydrogens (primary N) is 1. The minimum Gasteiger partial charge on any atom is -0.497 e. The number of carbonyl (C=O) groups is 1. The third kappa shape index (κ3) is 4.15. The van der Waals surface area contributed by atoms with Gasteiger partial charge in [-0.2, -0.15) is 0 Å². The van der Waals surface area contributed by atoms with Crippen LogP contribution in [-0.4, -0.2) is 20.1 Å². The molecule has 0 heterocycles. The summed E-state index contributed by atoms with van der Waals surface area (Å²) < 4.78 is 10.2. The molecule has 0 spiro atoms. The Kier molecular flexibility index (Phi) is 5.25. The van der Waals surface area contributed by atoms with E-state index >= 15 is 0 Å². The molecule has 0 fully saturated rings. The number of benzene rings is 2. The quantitative estimate of drug-likeness (QED) is 0.805. The summed E-state index contributed by atoms with van der Waals surface area (Å²) in [7, 11) is 3.17. The first-order valence-electron chi connectivity index (χ1n) is 6.98. The highest BCUT2D eigenvalue weighted by molar-refractivity contribution is 5.91. The van der Waals surface area contributed by atoms with Crippen LogP contribution in [0.5, 0.6) is 11.5 Å². The van der Waals surface area contributed by atoms with Gasteiger partial charge in [0.1, 0.15) is 11.5 Å². The Morgan fingerprint density at radius 3 is 2.64 bits per heavy atom. The van der Waals surface area contributed by atoms with Gasteiger partial charge in [-0.1, -0.05) is 12.1 Å². The second kappa shape index (κ2) is 7.36. The van der Waals surface area contributed by atoms with Crippen LogP contribution in [-0.2, 0) is 11.2 Å². The Labute approximate surface area is 130 Å². The summed E-state index contributed by atoms with van der Waals surface area (Å²) in [4.78, 5) is 12.0. The van der Waals surface area contributed by atoms with Gasteiger partial charge in [0.2, 0.25) is 5.91 Å². The highest BCUT2D eigenvalue weighted by Gasteiger charge is 2.06. The van der Waals surface area contributed by atoms with Crippen molar-refractivity contribution in [2.45, 2.75) is 12.8 Å². The molecule has 0 aliphatic rings. The lowest BCUT2D eigenvalue weighted by atomic mass is 10.1. The van der Waals surface area contributed by atoms with Crippen molar-refractivity contribution >= 4 is 17.3 Å². The number of ether oxygens (including phenoxy) is 2. The Balaban J connectivity index is 1.91. The monoisotopic (exact) mass is 300 g/mol. The molecule has 0 bridgehead atoms. The third-order valence-corrected chi connectivity index (χ3v) is 3.29. The van der Waals surface area contributed by atoms with Crippen LogP contribution in [0.4, 0.5) is 11.4 Å². The van der Waals surface area contributed by atoms with Crippen molar-refractivity contribution in [2.24, 2.45) is 0 Å². The van der Waals surface area contributed by atoms with E-state index in [-0.39, 0.29) is 5.91 Å². The third-order valence-electron chi connectivity index (χ3n) is 3.29. The lowest BCUT2D eigenvalue weighted by Crippen LogP contribution is -2.12. The number of hydrogen-bond donors (Lipinski definition) is 2. The lowest BCUT2D eigenvalue weighted by molar-refractivity contribution is -0.116. The molecule has 0 aliphatic heterocycles. The largest absolute Gasteiger partial charge is 0.497 e. The summed E-state index contributed by atoms with van der Waals surface area (Å²) >= 11 is 0. The Hall–Kier alpha value is -2.69. The summed E-state index contributed by atoms with van der Waals surface area (Å²) in [6.07, 6.45) is 0.993. The van der Waals surface area contributed by atoms with Crippen LogP contribution >= 0.6 is 0 Å². The van der Waals surface area contributed by atoms with Crippen molar-refractivity contribution in [1.82, 2.24) is 0 Å². The molecule has 0 radical (unpaired) electrons. The first-order chi connectivity index (χ1) is 10.6. The maximum atomic E-state index is 12.0. The van der Waals surface area contributed by atoms with Crippen LogP contribution in [0.25, 0.3) is 0 Å². The number of hydrogen-bond acceptors (Lipinski definition) is 4. The second-order valence-electron chi connectivity index (χ2n) is 4.86. The number of nitrogen functional groups attached to an aromatic ring is 1. The van der Waals surface area contributed by atoms with Crippen LogP contribution in [0, 0.1) is 0 Å². The molecular weight excluding hydrogens is 280 g/mol. The van der Waals surface area contributed by atoms with Crippen molar-refractivity contribution in [3.8, 4) is 11.5 Å². The van der Waals surface area contributed by atoms with Gasteiger partial charge < -0.3 is 20.5 Å². The minimum absolute atomic E-state index is 0.0531. The van der Waals surface area contributed by atoms with Gasteiger partial charge in [0.15, 0.2) is 0 Å². The van der Waals surface area contributed by atoms with Crippen molar-refractivity contribution in [3.05, 3.63) is 48.0 Å². The number of nitrogens with one attached hydrogen (secondary N) is 1. The average molecular weight is 300 g/mol. The molecule has 0 aromatic heterocycles. The average Bonchev–Trinajstić information content (AvgIpc) is 2.53. The van der Waals surface area contributed by atoms with Gasteiger partial charge in [0, 0.05) is 18.2 Å². The first-order valence-corrected chi connectivity index (χ1v) is 6.98. The minimum atomic E-state index is -0.0531. The van der Waals surface area contributed by atoms with E-state index in [1.165, 1.54) is 0 Å². The zero-order valence-electron chi connectivity index (χ0n) is 12.8. The maximum Gasteiger partial charge on any atom is 0.224 e. The number of carbonyl (C=O) groups excluding carboxylic acids is 1. The van der Waals surface area contributed by atoms with Crippen LogP contribution in [0.3, 0.4) is 0 Å². The van der Waals surface area contributed by atoms with E-state index in [0.717, 1.165) is 11.3 Å². The van der Waals surface area contributed by atoms with Crippen molar-refractivity contribution < 1.29 is 14.3 Å². The van der Waals surface area contributed by atoms with E-state index in [0.29, 0.717) is 30.0 Å². The van der Waals surface area contributed by atoms with E-state index < -0.39 is 0 Å². The Morgan fingerprint density at radius 2 is 1.95 bits per heavy atom. The lowest BCUT2D eigenvalue weighted by Gasteiger charge is -2.08. The predicted molar refractivity (Wildman–Crippen MR) is 87.4 cm³/mol. The SMILES string of the molecule is COc1cccc(NC(=O)CCc2ccc(OC)c(N)c2)c1. The van der Waals surface area contributed by atoms with Gasteiger partial charge in [0.25, 0.3) is 0 Å². The van der Waals surface area contributed by atoms with Gasteiger partial charge in [-0.25, -0.2) is 0 Å². The van der Waals surface area contributed by atoms with Gasteiger partial charge in [0.05, 0.1) is 19.9 Å². The van der Waals surface area contributed by atoms with Crippen LogP contribution < -0.4 is 20.5 Å².